The van der Waals surface area contributed by atoms with Crippen molar-refractivity contribution < 1.29 is 33.3 Å². The molecule has 0 spiro atoms. The summed E-state index contributed by atoms with van der Waals surface area (Å²) in [6.45, 7) is 3.11. The largest absolute Gasteiger partial charge is 0.507 e. The molecule has 8 heteroatoms. The molecule has 2 fully saturated rings. The molecule has 2 heterocycles. The second-order valence-corrected chi connectivity index (χ2v) is 7.94. The third kappa shape index (κ3) is 4.43. The Morgan fingerprint density at radius 2 is 1.94 bits per heavy atom. The Morgan fingerprint density at radius 3 is 2.58 bits per heavy atom. The van der Waals surface area contributed by atoms with Crippen molar-refractivity contribution in [2.24, 2.45) is 0 Å². The second-order valence-electron chi connectivity index (χ2n) is 7.94. The van der Waals surface area contributed by atoms with Crippen LogP contribution in [-0.4, -0.2) is 54.7 Å². The molecule has 174 valence electrons. The van der Waals surface area contributed by atoms with E-state index in [0.29, 0.717) is 30.3 Å². The molecule has 2 atom stereocenters. The molecule has 1 amide bonds. The van der Waals surface area contributed by atoms with Crippen molar-refractivity contribution in [3.05, 3.63) is 65.0 Å². The number of halogens is 1. The summed E-state index contributed by atoms with van der Waals surface area (Å²) in [7, 11) is 1.50. The lowest BCUT2D eigenvalue weighted by Crippen LogP contribution is -2.36. The predicted molar refractivity (Wildman–Crippen MR) is 119 cm³/mol. The third-order valence-corrected chi connectivity index (χ3v) is 5.89. The van der Waals surface area contributed by atoms with Crippen LogP contribution in [0.25, 0.3) is 5.76 Å². The number of nitrogens with zero attached hydrogens (tertiary/aromatic N) is 1. The number of hydrogen-bond donors (Lipinski definition) is 1. The van der Waals surface area contributed by atoms with Crippen LogP contribution < -0.4 is 9.47 Å². The van der Waals surface area contributed by atoms with Crippen LogP contribution in [0, 0.1) is 5.82 Å². The number of likely N-dealkylation sites (tertiary alicyclic amines) is 1. The average molecular weight is 455 g/mol. The fourth-order valence-corrected chi connectivity index (χ4v) is 4.31. The smallest absolute Gasteiger partial charge is 0.295 e. The molecule has 1 N–H and O–H groups in total. The minimum absolute atomic E-state index is 0.0594. The van der Waals surface area contributed by atoms with Crippen molar-refractivity contribution in [1.82, 2.24) is 4.90 Å². The molecule has 0 saturated carbocycles. The van der Waals surface area contributed by atoms with Gasteiger partial charge in [-0.3, -0.25) is 9.59 Å². The van der Waals surface area contributed by atoms with Gasteiger partial charge in [0.05, 0.1) is 31.4 Å². The Morgan fingerprint density at radius 1 is 1.18 bits per heavy atom. The standard InChI is InChI=1S/C25H26FNO6/c1-3-32-19-11-8-16(13-20(19)31-2)22-21(23(28)15-6-9-17(26)10-7-15)24(29)25(30)27(22)14-18-5-4-12-33-18/h6-11,13,18,22,28H,3-5,12,14H2,1-2H3/t18-,22+/m1/s1. The number of Topliss-reactive ketones (excluding diaryl/α,β-unsaturated/α-hetero) is 1. The van der Waals surface area contributed by atoms with Gasteiger partial charge in [0.2, 0.25) is 0 Å². The molecule has 0 unspecified atom stereocenters. The van der Waals surface area contributed by atoms with Crippen LogP contribution in [0.2, 0.25) is 0 Å². The van der Waals surface area contributed by atoms with Gasteiger partial charge in [0.25, 0.3) is 11.7 Å². The zero-order chi connectivity index (χ0) is 23.5. The van der Waals surface area contributed by atoms with E-state index in [1.807, 2.05) is 6.92 Å². The van der Waals surface area contributed by atoms with E-state index in [1.165, 1.54) is 36.3 Å². The number of benzene rings is 2. The van der Waals surface area contributed by atoms with Crippen LogP contribution >= 0.6 is 0 Å². The van der Waals surface area contributed by atoms with E-state index in [9.17, 15) is 19.1 Å². The van der Waals surface area contributed by atoms with Crippen molar-refractivity contribution in [1.29, 1.82) is 0 Å². The molecule has 4 rings (SSSR count). The minimum atomic E-state index is -0.858. The number of carbonyl (C=O) groups excluding carboxylic acids is 2. The maximum absolute atomic E-state index is 13.4. The number of rotatable bonds is 7. The summed E-state index contributed by atoms with van der Waals surface area (Å²) in [5, 5.41) is 11.0. The van der Waals surface area contributed by atoms with Crippen LogP contribution in [0.1, 0.15) is 36.9 Å². The van der Waals surface area contributed by atoms with E-state index in [2.05, 4.69) is 0 Å². The zero-order valence-corrected chi connectivity index (χ0v) is 18.5. The Kier molecular flexibility index (Phi) is 6.65. The summed E-state index contributed by atoms with van der Waals surface area (Å²) in [6.07, 6.45) is 1.47. The fraction of sp³-hybridized carbons (Fsp3) is 0.360. The lowest BCUT2D eigenvalue weighted by atomic mass is 9.94. The number of ketones is 1. The maximum atomic E-state index is 13.4. The maximum Gasteiger partial charge on any atom is 0.295 e. The molecule has 2 saturated heterocycles. The molecule has 2 aromatic carbocycles. The summed E-state index contributed by atoms with van der Waals surface area (Å²) < 4.78 is 30.2. The normalized spacial score (nSPS) is 22.1. The molecule has 0 aromatic heterocycles. The molecule has 2 aliphatic heterocycles. The predicted octanol–water partition coefficient (Wildman–Crippen LogP) is 3.83. The highest BCUT2D eigenvalue weighted by molar-refractivity contribution is 6.46. The number of hydrogen-bond acceptors (Lipinski definition) is 6. The topological polar surface area (TPSA) is 85.3 Å². The fourth-order valence-electron chi connectivity index (χ4n) is 4.31. The van der Waals surface area contributed by atoms with Crippen LogP contribution in [0.3, 0.4) is 0 Å². The molecule has 0 bridgehead atoms. The summed E-state index contributed by atoms with van der Waals surface area (Å²) in [5.41, 5.74) is 0.765. The molecule has 2 aromatic rings. The first-order valence-corrected chi connectivity index (χ1v) is 10.9. The first-order chi connectivity index (χ1) is 15.9. The third-order valence-electron chi connectivity index (χ3n) is 5.89. The molecule has 0 aliphatic carbocycles. The number of aliphatic hydroxyl groups is 1. The summed E-state index contributed by atoms with van der Waals surface area (Å²) in [4.78, 5) is 27.6. The van der Waals surface area contributed by atoms with Crippen molar-refractivity contribution in [2.75, 3.05) is 26.9 Å². The monoisotopic (exact) mass is 455 g/mol. The SMILES string of the molecule is CCOc1ccc([C@H]2C(=C(O)c3ccc(F)cc3)C(=O)C(=O)N2C[C@H]2CCCO2)cc1OC. The van der Waals surface area contributed by atoms with E-state index in [1.54, 1.807) is 18.2 Å². The number of ether oxygens (including phenoxy) is 3. The van der Waals surface area contributed by atoms with Crippen molar-refractivity contribution >= 4 is 17.4 Å². The lowest BCUT2D eigenvalue weighted by Gasteiger charge is -2.28. The van der Waals surface area contributed by atoms with E-state index in [-0.39, 0.29) is 29.5 Å². The summed E-state index contributed by atoms with van der Waals surface area (Å²) >= 11 is 0. The minimum Gasteiger partial charge on any atom is -0.507 e. The van der Waals surface area contributed by atoms with Gasteiger partial charge in [-0.1, -0.05) is 6.07 Å². The molecule has 0 radical (unpaired) electrons. The molecular formula is C25H26FNO6. The van der Waals surface area contributed by atoms with Crippen molar-refractivity contribution in [3.63, 3.8) is 0 Å². The number of amides is 1. The van der Waals surface area contributed by atoms with Crippen LogP contribution in [0.15, 0.2) is 48.0 Å². The van der Waals surface area contributed by atoms with Gasteiger partial charge in [0.1, 0.15) is 11.6 Å². The summed E-state index contributed by atoms with van der Waals surface area (Å²) in [6, 6.07) is 9.40. The van der Waals surface area contributed by atoms with Gasteiger partial charge < -0.3 is 24.2 Å². The highest BCUT2D eigenvalue weighted by atomic mass is 19.1. The van der Waals surface area contributed by atoms with Gasteiger partial charge in [0.15, 0.2) is 11.5 Å². The number of aliphatic hydroxyl groups excluding tert-OH is 1. The van der Waals surface area contributed by atoms with Crippen LogP contribution in [-0.2, 0) is 14.3 Å². The van der Waals surface area contributed by atoms with E-state index >= 15 is 0 Å². The van der Waals surface area contributed by atoms with E-state index < -0.39 is 23.5 Å². The first-order valence-electron chi connectivity index (χ1n) is 10.9. The van der Waals surface area contributed by atoms with Gasteiger partial charge in [-0.15, -0.1) is 0 Å². The second kappa shape index (κ2) is 9.62. The quantitative estimate of drug-likeness (QED) is 0.388. The van der Waals surface area contributed by atoms with Crippen molar-refractivity contribution in [3.8, 4) is 11.5 Å². The van der Waals surface area contributed by atoms with Crippen LogP contribution in [0.5, 0.6) is 11.5 Å². The Labute approximate surface area is 191 Å². The van der Waals surface area contributed by atoms with Crippen molar-refractivity contribution in [2.45, 2.75) is 31.9 Å². The first kappa shape index (κ1) is 22.8. The molecular weight excluding hydrogens is 429 g/mol. The highest BCUT2D eigenvalue weighted by Crippen LogP contribution is 2.42. The highest BCUT2D eigenvalue weighted by Gasteiger charge is 2.47. The van der Waals surface area contributed by atoms with Crippen LogP contribution in [0.4, 0.5) is 4.39 Å². The Hall–Kier alpha value is -3.39. The molecule has 33 heavy (non-hydrogen) atoms. The number of methoxy groups -OCH3 is 1. The molecule has 7 nitrogen and oxygen atoms in total. The van der Waals surface area contributed by atoms with Gasteiger partial charge in [-0.2, -0.15) is 0 Å². The number of carbonyl (C=O) groups is 2. The van der Waals surface area contributed by atoms with E-state index in [0.717, 1.165) is 12.8 Å². The average Bonchev–Trinajstić information content (AvgIpc) is 3.42. The molecule has 2 aliphatic rings. The Bertz CT molecular complexity index is 1070. The van der Waals surface area contributed by atoms with Gasteiger partial charge >= 0.3 is 0 Å². The van der Waals surface area contributed by atoms with Gasteiger partial charge in [-0.05, 0) is 61.7 Å². The lowest BCUT2D eigenvalue weighted by molar-refractivity contribution is -0.140. The summed E-state index contributed by atoms with van der Waals surface area (Å²) in [5.74, 6) is -1.38. The van der Waals surface area contributed by atoms with Gasteiger partial charge in [0, 0.05) is 18.7 Å². The zero-order valence-electron chi connectivity index (χ0n) is 18.5. The van der Waals surface area contributed by atoms with Gasteiger partial charge in [-0.25, -0.2) is 4.39 Å². The van der Waals surface area contributed by atoms with E-state index in [4.69, 9.17) is 14.2 Å². The Balaban J connectivity index is 1.83.